The number of hydrogen-bond donors (Lipinski definition) is 1. The van der Waals surface area contributed by atoms with E-state index in [-0.39, 0.29) is 0 Å². The van der Waals surface area contributed by atoms with E-state index in [2.05, 4.69) is 29.3 Å². The lowest BCUT2D eigenvalue weighted by Crippen LogP contribution is -2.24. The highest BCUT2D eigenvalue weighted by Crippen LogP contribution is 2.24. The number of benzene rings is 2. The first-order valence-electron chi connectivity index (χ1n) is 8.85. The first-order valence-corrected chi connectivity index (χ1v) is 8.85. The summed E-state index contributed by atoms with van der Waals surface area (Å²) in [5.41, 5.74) is 4.87. The molecule has 0 aliphatic heterocycles. The van der Waals surface area contributed by atoms with Gasteiger partial charge in [-0.05, 0) is 31.5 Å². The fourth-order valence-corrected chi connectivity index (χ4v) is 2.75. The minimum atomic E-state index is -0.907. The fraction of sp³-hybridized carbons (Fsp3) is 0.286. The third-order valence-corrected chi connectivity index (χ3v) is 4.25. The van der Waals surface area contributed by atoms with Gasteiger partial charge in [0.1, 0.15) is 5.75 Å². The molecule has 2 aromatic carbocycles. The van der Waals surface area contributed by atoms with Gasteiger partial charge in [0.25, 0.3) is 5.91 Å². The molecule has 6 heteroatoms. The highest BCUT2D eigenvalue weighted by Gasteiger charge is 2.19. The number of hydrogen-bond acceptors (Lipinski definition) is 5. The van der Waals surface area contributed by atoms with Gasteiger partial charge < -0.3 is 9.64 Å². The van der Waals surface area contributed by atoms with E-state index in [0.29, 0.717) is 11.3 Å². The van der Waals surface area contributed by atoms with Gasteiger partial charge in [0.15, 0.2) is 5.92 Å². The van der Waals surface area contributed by atoms with Crippen LogP contribution in [0.2, 0.25) is 0 Å². The number of amides is 1. The molecular weight excluding hydrogens is 340 g/mol. The molecule has 0 heterocycles. The number of hydrazone groups is 1. The normalized spacial score (nSPS) is 11.6. The van der Waals surface area contributed by atoms with E-state index in [0.717, 1.165) is 24.3 Å². The largest absolute Gasteiger partial charge is 0.496 e. The summed E-state index contributed by atoms with van der Waals surface area (Å²) in [6, 6.07) is 16.7. The summed E-state index contributed by atoms with van der Waals surface area (Å²) in [6.07, 6.45) is 1.52. The third-order valence-electron chi connectivity index (χ3n) is 4.25. The second-order valence-corrected chi connectivity index (χ2v) is 5.81. The minimum absolute atomic E-state index is 0.473. The Morgan fingerprint density at radius 2 is 1.96 bits per heavy atom. The average molecular weight is 364 g/mol. The first kappa shape index (κ1) is 20.0. The maximum atomic E-state index is 12.3. The Bertz CT molecular complexity index is 824. The van der Waals surface area contributed by atoms with E-state index >= 15 is 0 Å². The average Bonchev–Trinajstić information content (AvgIpc) is 2.71. The van der Waals surface area contributed by atoms with Crippen LogP contribution in [0.15, 0.2) is 53.6 Å². The molecule has 0 bridgehead atoms. The molecular formula is C21H24N4O2. The summed E-state index contributed by atoms with van der Waals surface area (Å²) in [5.74, 6) is -0.716. The van der Waals surface area contributed by atoms with Gasteiger partial charge in [0.2, 0.25) is 0 Å². The highest BCUT2D eigenvalue weighted by atomic mass is 16.5. The summed E-state index contributed by atoms with van der Waals surface area (Å²) in [7, 11) is 1.60. The van der Waals surface area contributed by atoms with Crippen molar-refractivity contribution in [2.75, 3.05) is 25.1 Å². The third kappa shape index (κ3) is 5.08. The van der Waals surface area contributed by atoms with E-state index in [1.165, 1.54) is 6.21 Å². The number of nitrogens with one attached hydrogen (secondary N) is 1. The standard InChI is InChI=1S/C21H24N4O2/c1-4-25(5-2)18-12-11-17(20(13-18)27-3)15-23-24-21(26)19(14-22)16-9-7-6-8-10-16/h6-13,15,19H,4-5H2,1-3H3,(H,24,26)/b23-15-/t19-/m1/s1. The Morgan fingerprint density at radius 3 is 2.56 bits per heavy atom. The lowest BCUT2D eigenvalue weighted by Gasteiger charge is -2.22. The molecule has 0 aliphatic rings. The topological polar surface area (TPSA) is 77.7 Å². The Hall–Kier alpha value is -3.33. The molecule has 6 nitrogen and oxygen atoms in total. The summed E-state index contributed by atoms with van der Waals surface area (Å²) in [5, 5.41) is 13.3. The zero-order valence-corrected chi connectivity index (χ0v) is 15.8. The zero-order valence-electron chi connectivity index (χ0n) is 15.8. The number of carbonyl (C=O) groups is 1. The van der Waals surface area contributed by atoms with Gasteiger partial charge in [-0.1, -0.05) is 30.3 Å². The van der Waals surface area contributed by atoms with Crippen LogP contribution < -0.4 is 15.1 Å². The van der Waals surface area contributed by atoms with Gasteiger partial charge in [-0.3, -0.25) is 4.79 Å². The smallest absolute Gasteiger partial charge is 0.261 e. The summed E-state index contributed by atoms with van der Waals surface area (Å²) in [6.45, 7) is 5.99. The van der Waals surface area contributed by atoms with Gasteiger partial charge in [0, 0.05) is 30.4 Å². The predicted octanol–water partition coefficient (Wildman–Crippen LogP) is 3.30. The van der Waals surface area contributed by atoms with E-state index < -0.39 is 11.8 Å². The van der Waals surface area contributed by atoms with Gasteiger partial charge in [-0.15, -0.1) is 0 Å². The molecule has 0 spiro atoms. The van der Waals surface area contributed by atoms with Crippen LogP contribution in [-0.2, 0) is 4.79 Å². The van der Waals surface area contributed by atoms with Crippen molar-refractivity contribution >= 4 is 17.8 Å². The molecule has 1 amide bonds. The van der Waals surface area contributed by atoms with E-state index in [4.69, 9.17) is 4.74 Å². The van der Waals surface area contributed by atoms with Crippen LogP contribution in [0.25, 0.3) is 0 Å². The van der Waals surface area contributed by atoms with Crippen molar-refractivity contribution in [1.82, 2.24) is 5.43 Å². The van der Waals surface area contributed by atoms with Crippen molar-refractivity contribution in [3.05, 3.63) is 59.7 Å². The molecule has 0 aliphatic carbocycles. The number of rotatable bonds is 8. The molecule has 0 saturated carbocycles. The van der Waals surface area contributed by atoms with Crippen LogP contribution in [0, 0.1) is 11.3 Å². The van der Waals surface area contributed by atoms with Gasteiger partial charge in [0.05, 0.1) is 19.4 Å². The molecule has 1 N–H and O–H groups in total. The van der Waals surface area contributed by atoms with Gasteiger partial charge in [-0.2, -0.15) is 10.4 Å². The van der Waals surface area contributed by atoms with Crippen LogP contribution in [0.3, 0.4) is 0 Å². The van der Waals surface area contributed by atoms with Crippen LogP contribution in [0.5, 0.6) is 5.75 Å². The van der Waals surface area contributed by atoms with E-state index in [9.17, 15) is 10.1 Å². The fourth-order valence-electron chi connectivity index (χ4n) is 2.75. The summed E-state index contributed by atoms with van der Waals surface area (Å²) < 4.78 is 5.44. The number of anilines is 1. The zero-order chi connectivity index (χ0) is 19.6. The van der Waals surface area contributed by atoms with Crippen LogP contribution in [0.4, 0.5) is 5.69 Å². The van der Waals surface area contributed by atoms with Crippen molar-refractivity contribution in [1.29, 1.82) is 5.26 Å². The van der Waals surface area contributed by atoms with Crippen molar-refractivity contribution in [2.45, 2.75) is 19.8 Å². The monoisotopic (exact) mass is 364 g/mol. The number of methoxy groups -OCH3 is 1. The van der Waals surface area contributed by atoms with Crippen molar-refractivity contribution in [3.63, 3.8) is 0 Å². The Balaban J connectivity index is 2.11. The SMILES string of the molecule is CCN(CC)c1ccc(/C=N\NC(=O)[C@H](C#N)c2ccccc2)c(OC)c1. The van der Waals surface area contributed by atoms with Crippen molar-refractivity contribution in [3.8, 4) is 11.8 Å². The molecule has 0 unspecified atom stereocenters. The molecule has 140 valence electrons. The lowest BCUT2D eigenvalue weighted by atomic mass is 10.0. The maximum absolute atomic E-state index is 12.3. The molecule has 1 atom stereocenters. The van der Waals surface area contributed by atoms with Gasteiger partial charge >= 0.3 is 0 Å². The predicted molar refractivity (Wildman–Crippen MR) is 107 cm³/mol. The molecule has 0 radical (unpaired) electrons. The molecule has 0 aromatic heterocycles. The number of carbonyl (C=O) groups excluding carboxylic acids is 1. The first-order chi connectivity index (χ1) is 13.1. The van der Waals surface area contributed by atoms with Crippen molar-refractivity contribution in [2.24, 2.45) is 5.10 Å². The molecule has 27 heavy (non-hydrogen) atoms. The molecule has 2 rings (SSSR count). The Kier molecular flexibility index (Phi) is 7.38. The van der Waals surface area contributed by atoms with Crippen LogP contribution in [-0.4, -0.2) is 32.3 Å². The van der Waals surface area contributed by atoms with Crippen molar-refractivity contribution < 1.29 is 9.53 Å². The Labute approximate surface area is 160 Å². The maximum Gasteiger partial charge on any atom is 0.261 e. The lowest BCUT2D eigenvalue weighted by molar-refractivity contribution is -0.121. The number of nitriles is 1. The minimum Gasteiger partial charge on any atom is -0.496 e. The van der Waals surface area contributed by atoms with Crippen LogP contribution in [0.1, 0.15) is 30.9 Å². The summed E-state index contributed by atoms with van der Waals surface area (Å²) in [4.78, 5) is 14.5. The second-order valence-electron chi connectivity index (χ2n) is 5.81. The van der Waals surface area contributed by atoms with E-state index in [1.807, 2.05) is 30.3 Å². The van der Waals surface area contributed by atoms with E-state index in [1.54, 1.807) is 31.4 Å². The van der Waals surface area contributed by atoms with Crippen LogP contribution >= 0.6 is 0 Å². The Morgan fingerprint density at radius 1 is 1.26 bits per heavy atom. The summed E-state index contributed by atoms with van der Waals surface area (Å²) >= 11 is 0. The number of ether oxygens (including phenoxy) is 1. The molecule has 0 saturated heterocycles. The number of nitrogens with zero attached hydrogens (tertiary/aromatic N) is 3. The molecule has 0 fully saturated rings. The van der Waals surface area contributed by atoms with Gasteiger partial charge in [-0.25, -0.2) is 5.43 Å². The highest BCUT2D eigenvalue weighted by molar-refractivity contribution is 5.89. The molecule has 2 aromatic rings. The second kappa shape index (κ2) is 9.97. The quantitative estimate of drug-likeness (QED) is 0.576.